The third kappa shape index (κ3) is 2.72. The van der Waals surface area contributed by atoms with Gasteiger partial charge >= 0.3 is 0 Å². The average molecular weight is 270 g/mol. The van der Waals surface area contributed by atoms with Gasteiger partial charge in [0.1, 0.15) is 0 Å². The van der Waals surface area contributed by atoms with Gasteiger partial charge in [0.25, 0.3) is 0 Å². The SMILES string of the molecule is CCC(CC)N1C(=O)CC(NC2CCSC2)C1=O. The molecule has 0 aromatic heterocycles. The topological polar surface area (TPSA) is 49.4 Å². The molecule has 18 heavy (non-hydrogen) atoms. The fourth-order valence-corrected chi connectivity index (χ4v) is 3.93. The minimum Gasteiger partial charge on any atom is -0.302 e. The lowest BCUT2D eigenvalue weighted by molar-refractivity contribution is -0.141. The predicted octanol–water partition coefficient (Wildman–Crippen LogP) is 1.40. The van der Waals surface area contributed by atoms with E-state index in [1.165, 1.54) is 4.90 Å². The third-order valence-electron chi connectivity index (χ3n) is 3.86. The molecule has 2 rings (SSSR count). The first-order valence-electron chi connectivity index (χ1n) is 6.87. The number of thioether (sulfide) groups is 1. The van der Waals surface area contributed by atoms with E-state index in [9.17, 15) is 9.59 Å². The highest BCUT2D eigenvalue weighted by molar-refractivity contribution is 7.99. The number of amides is 2. The Hall–Kier alpha value is -0.550. The van der Waals surface area contributed by atoms with Gasteiger partial charge in [0.15, 0.2) is 0 Å². The van der Waals surface area contributed by atoms with Crippen LogP contribution in [0.2, 0.25) is 0 Å². The molecule has 1 N–H and O–H groups in total. The Kier molecular flexibility index (Phi) is 4.67. The second kappa shape index (κ2) is 6.06. The molecule has 2 aliphatic heterocycles. The van der Waals surface area contributed by atoms with Crippen LogP contribution in [0.1, 0.15) is 39.5 Å². The maximum absolute atomic E-state index is 12.3. The molecule has 0 bridgehead atoms. The van der Waals surface area contributed by atoms with Crippen LogP contribution < -0.4 is 5.32 Å². The highest BCUT2D eigenvalue weighted by atomic mass is 32.2. The van der Waals surface area contributed by atoms with Gasteiger partial charge in [-0.1, -0.05) is 13.8 Å². The van der Waals surface area contributed by atoms with Crippen LogP contribution in [0.3, 0.4) is 0 Å². The molecule has 2 aliphatic rings. The molecule has 0 aromatic rings. The molecule has 0 spiro atoms. The van der Waals surface area contributed by atoms with Gasteiger partial charge in [-0.15, -0.1) is 0 Å². The Morgan fingerprint density at radius 1 is 1.39 bits per heavy atom. The molecule has 0 aliphatic carbocycles. The number of carbonyl (C=O) groups excluding carboxylic acids is 2. The summed E-state index contributed by atoms with van der Waals surface area (Å²) in [6, 6.07) is 0.204. The van der Waals surface area contributed by atoms with E-state index in [0.29, 0.717) is 12.5 Å². The Labute approximate surface area is 113 Å². The Bertz CT molecular complexity index is 325. The van der Waals surface area contributed by atoms with Crippen LogP contribution in [-0.4, -0.2) is 46.3 Å². The van der Waals surface area contributed by atoms with Crippen LogP contribution in [0.15, 0.2) is 0 Å². The molecule has 2 heterocycles. The maximum Gasteiger partial charge on any atom is 0.247 e. The van der Waals surface area contributed by atoms with Gasteiger partial charge in [-0.05, 0) is 25.0 Å². The predicted molar refractivity (Wildman–Crippen MR) is 73.5 cm³/mol. The van der Waals surface area contributed by atoms with Gasteiger partial charge in [0.05, 0.1) is 12.5 Å². The van der Waals surface area contributed by atoms with Crippen molar-refractivity contribution >= 4 is 23.6 Å². The van der Waals surface area contributed by atoms with E-state index in [-0.39, 0.29) is 23.9 Å². The first kappa shape index (κ1) is 13.9. The molecule has 4 nitrogen and oxygen atoms in total. The van der Waals surface area contributed by atoms with Crippen LogP contribution in [0, 0.1) is 0 Å². The van der Waals surface area contributed by atoms with Crippen LogP contribution in [0.5, 0.6) is 0 Å². The summed E-state index contributed by atoms with van der Waals surface area (Å²) in [6.07, 6.45) is 3.14. The van der Waals surface area contributed by atoms with E-state index in [1.54, 1.807) is 0 Å². The fraction of sp³-hybridized carbons (Fsp3) is 0.846. The molecule has 102 valence electrons. The van der Waals surface area contributed by atoms with Gasteiger partial charge < -0.3 is 5.32 Å². The number of likely N-dealkylation sites (tertiary alicyclic amines) is 1. The Balaban J connectivity index is 1.99. The summed E-state index contributed by atoms with van der Waals surface area (Å²) < 4.78 is 0. The minimum absolute atomic E-state index is 0.00292. The summed E-state index contributed by atoms with van der Waals surface area (Å²) in [5, 5.41) is 3.36. The van der Waals surface area contributed by atoms with Gasteiger partial charge in [0, 0.05) is 17.8 Å². The third-order valence-corrected chi connectivity index (χ3v) is 5.02. The Morgan fingerprint density at radius 2 is 2.11 bits per heavy atom. The maximum atomic E-state index is 12.3. The molecular formula is C13H22N2O2S. The van der Waals surface area contributed by atoms with E-state index in [2.05, 4.69) is 5.32 Å². The summed E-state index contributed by atoms with van der Waals surface area (Å²) in [7, 11) is 0. The summed E-state index contributed by atoms with van der Waals surface area (Å²) >= 11 is 1.91. The smallest absolute Gasteiger partial charge is 0.247 e. The number of carbonyl (C=O) groups is 2. The second-order valence-electron chi connectivity index (χ2n) is 5.06. The van der Waals surface area contributed by atoms with Crippen molar-refractivity contribution in [2.24, 2.45) is 0 Å². The number of rotatable bonds is 5. The van der Waals surface area contributed by atoms with E-state index in [4.69, 9.17) is 0 Å². The fourth-order valence-electron chi connectivity index (χ4n) is 2.77. The lowest BCUT2D eigenvalue weighted by Crippen LogP contribution is -2.46. The van der Waals surface area contributed by atoms with E-state index < -0.39 is 0 Å². The van der Waals surface area contributed by atoms with Crippen molar-refractivity contribution in [3.8, 4) is 0 Å². The van der Waals surface area contributed by atoms with Crippen molar-refractivity contribution in [1.29, 1.82) is 0 Å². The molecule has 0 saturated carbocycles. The van der Waals surface area contributed by atoms with Crippen molar-refractivity contribution in [2.75, 3.05) is 11.5 Å². The van der Waals surface area contributed by atoms with E-state index >= 15 is 0 Å². The molecule has 2 amide bonds. The largest absolute Gasteiger partial charge is 0.302 e. The van der Waals surface area contributed by atoms with Crippen LogP contribution in [0.4, 0.5) is 0 Å². The van der Waals surface area contributed by atoms with Gasteiger partial charge in [-0.25, -0.2) is 0 Å². The molecule has 0 radical (unpaired) electrons. The normalized spacial score (nSPS) is 28.7. The number of nitrogens with zero attached hydrogens (tertiary/aromatic N) is 1. The van der Waals surface area contributed by atoms with Crippen LogP contribution in [0.25, 0.3) is 0 Å². The van der Waals surface area contributed by atoms with Gasteiger partial charge in [0.2, 0.25) is 11.8 Å². The molecule has 2 fully saturated rings. The number of hydrogen-bond donors (Lipinski definition) is 1. The van der Waals surface area contributed by atoms with Gasteiger partial charge in [-0.3, -0.25) is 14.5 Å². The highest BCUT2D eigenvalue weighted by Gasteiger charge is 2.42. The van der Waals surface area contributed by atoms with Crippen LogP contribution >= 0.6 is 11.8 Å². The first-order chi connectivity index (χ1) is 8.67. The van der Waals surface area contributed by atoms with Crippen molar-refractivity contribution in [1.82, 2.24) is 10.2 Å². The van der Waals surface area contributed by atoms with Crippen molar-refractivity contribution < 1.29 is 9.59 Å². The lowest BCUT2D eigenvalue weighted by atomic mass is 10.1. The number of imide groups is 1. The second-order valence-corrected chi connectivity index (χ2v) is 6.21. The van der Waals surface area contributed by atoms with Crippen molar-refractivity contribution in [3.05, 3.63) is 0 Å². The summed E-state index contributed by atoms with van der Waals surface area (Å²) in [4.78, 5) is 25.8. The van der Waals surface area contributed by atoms with E-state index in [0.717, 1.165) is 30.8 Å². The molecule has 2 atom stereocenters. The zero-order chi connectivity index (χ0) is 13.1. The average Bonchev–Trinajstić information content (AvgIpc) is 2.94. The summed E-state index contributed by atoms with van der Waals surface area (Å²) in [5.41, 5.74) is 0. The first-order valence-corrected chi connectivity index (χ1v) is 8.02. The molecular weight excluding hydrogens is 248 g/mol. The van der Waals surface area contributed by atoms with Crippen molar-refractivity contribution in [2.45, 2.75) is 57.7 Å². The zero-order valence-corrected chi connectivity index (χ0v) is 12.0. The molecule has 2 saturated heterocycles. The van der Waals surface area contributed by atoms with E-state index in [1.807, 2.05) is 25.6 Å². The molecule has 2 unspecified atom stereocenters. The molecule has 0 aromatic carbocycles. The monoisotopic (exact) mass is 270 g/mol. The summed E-state index contributed by atoms with van der Waals surface area (Å²) in [5.74, 6) is 2.20. The lowest BCUT2D eigenvalue weighted by Gasteiger charge is -2.24. The minimum atomic E-state index is -0.276. The molecule has 5 heteroatoms. The highest BCUT2D eigenvalue weighted by Crippen LogP contribution is 2.23. The quantitative estimate of drug-likeness (QED) is 0.767. The summed E-state index contributed by atoms with van der Waals surface area (Å²) in [6.45, 7) is 4.06. The van der Waals surface area contributed by atoms with Crippen LogP contribution in [-0.2, 0) is 9.59 Å². The van der Waals surface area contributed by atoms with Gasteiger partial charge in [-0.2, -0.15) is 11.8 Å². The zero-order valence-electron chi connectivity index (χ0n) is 11.1. The number of nitrogens with one attached hydrogen (secondary N) is 1. The Morgan fingerprint density at radius 3 is 2.67 bits per heavy atom. The number of hydrogen-bond acceptors (Lipinski definition) is 4. The van der Waals surface area contributed by atoms with Crippen molar-refractivity contribution in [3.63, 3.8) is 0 Å². The standard InChI is InChI=1S/C13H22N2O2S/c1-3-10(4-2)15-12(16)7-11(13(15)17)14-9-5-6-18-8-9/h9-11,14H,3-8H2,1-2H3.